The summed E-state index contributed by atoms with van der Waals surface area (Å²) in [5, 5.41) is 4.47. The van der Waals surface area contributed by atoms with E-state index in [-0.39, 0.29) is 6.04 Å². The quantitative estimate of drug-likeness (QED) is 0.833. The maximum absolute atomic E-state index is 6.58. The maximum Gasteiger partial charge on any atom is 0.0699 e. The van der Waals surface area contributed by atoms with Crippen molar-refractivity contribution in [1.29, 1.82) is 0 Å². The Kier molecular flexibility index (Phi) is 5.67. The van der Waals surface area contributed by atoms with E-state index < -0.39 is 0 Å². The number of halogens is 1. The van der Waals surface area contributed by atoms with E-state index in [1.807, 2.05) is 6.20 Å². The minimum atomic E-state index is 0.108. The third kappa shape index (κ3) is 3.45. The van der Waals surface area contributed by atoms with Gasteiger partial charge in [0.05, 0.1) is 22.4 Å². The fraction of sp³-hybridized carbons (Fsp3) is 0.812. The number of hydrogen-bond acceptors (Lipinski definition) is 2. The van der Waals surface area contributed by atoms with Gasteiger partial charge < -0.3 is 5.73 Å². The zero-order chi connectivity index (χ0) is 14.7. The van der Waals surface area contributed by atoms with Gasteiger partial charge in [0, 0.05) is 6.04 Å². The SMILES string of the molecule is CCCC1CCC(C(N)c2c(Br)cnn2C(C)C)CC1. The van der Waals surface area contributed by atoms with Crippen LogP contribution in [0, 0.1) is 11.8 Å². The fourth-order valence-electron chi connectivity index (χ4n) is 3.54. The molecule has 0 spiro atoms. The summed E-state index contributed by atoms with van der Waals surface area (Å²) in [6, 6.07) is 0.468. The van der Waals surface area contributed by atoms with Crippen molar-refractivity contribution in [2.75, 3.05) is 0 Å². The monoisotopic (exact) mass is 341 g/mol. The number of hydrogen-bond donors (Lipinski definition) is 1. The molecule has 0 radical (unpaired) electrons. The van der Waals surface area contributed by atoms with Crippen LogP contribution in [-0.2, 0) is 0 Å². The van der Waals surface area contributed by atoms with Crippen molar-refractivity contribution in [3.8, 4) is 0 Å². The van der Waals surface area contributed by atoms with Crippen molar-refractivity contribution < 1.29 is 0 Å². The van der Waals surface area contributed by atoms with Crippen molar-refractivity contribution in [3.63, 3.8) is 0 Å². The highest BCUT2D eigenvalue weighted by molar-refractivity contribution is 9.10. The predicted octanol–water partition coefficient (Wildman–Crippen LogP) is 4.83. The minimum Gasteiger partial charge on any atom is -0.322 e. The second-order valence-electron chi connectivity index (χ2n) is 6.51. The van der Waals surface area contributed by atoms with Crippen LogP contribution in [0.1, 0.15) is 77.1 Å². The average molecular weight is 342 g/mol. The van der Waals surface area contributed by atoms with Gasteiger partial charge in [0.2, 0.25) is 0 Å². The first-order chi connectivity index (χ1) is 9.54. The molecule has 1 aromatic rings. The van der Waals surface area contributed by atoms with Crippen molar-refractivity contribution in [3.05, 3.63) is 16.4 Å². The number of rotatable bonds is 5. The molecular weight excluding hydrogens is 314 g/mol. The summed E-state index contributed by atoms with van der Waals surface area (Å²) in [7, 11) is 0. The highest BCUT2D eigenvalue weighted by Crippen LogP contribution is 2.39. The molecule has 114 valence electrons. The Morgan fingerprint density at radius 1 is 1.35 bits per heavy atom. The number of nitrogens with zero attached hydrogens (tertiary/aromatic N) is 2. The lowest BCUT2D eigenvalue weighted by molar-refractivity contribution is 0.228. The molecule has 1 unspecified atom stereocenters. The summed E-state index contributed by atoms with van der Waals surface area (Å²) < 4.78 is 3.14. The van der Waals surface area contributed by atoms with Crippen molar-refractivity contribution >= 4 is 15.9 Å². The third-order valence-corrected chi connectivity index (χ3v) is 5.30. The molecule has 0 aliphatic heterocycles. The smallest absolute Gasteiger partial charge is 0.0699 e. The van der Waals surface area contributed by atoms with E-state index in [9.17, 15) is 0 Å². The normalized spacial score (nSPS) is 25.1. The van der Waals surface area contributed by atoms with Crippen LogP contribution in [-0.4, -0.2) is 9.78 Å². The van der Waals surface area contributed by atoms with Crippen LogP contribution in [0.4, 0.5) is 0 Å². The van der Waals surface area contributed by atoms with Gasteiger partial charge in [0.15, 0.2) is 0 Å². The zero-order valence-electron chi connectivity index (χ0n) is 13.0. The molecule has 2 rings (SSSR count). The highest BCUT2D eigenvalue weighted by Gasteiger charge is 2.29. The van der Waals surface area contributed by atoms with Crippen LogP contribution in [0.5, 0.6) is 0 Å². The molecule has 1 saturated carbocycles. The lowest BCUT2D eigenvalue weighted by atomic mass is 9.76. The number of nitrogens with two attached hydrogens (primary N) is 1. The summed E-state index contributed by atoms with van der Waals surface area (Å²) in [6.07, 6.45) is 9.81. The summed E-state index contributed by atoms with van der Waals surface area (Å²) in [4.78, 5) is 0. The fourth-order valence-corrected chi connectivity index (χ4v) is 4.08. The molecule has 1 aromatic heterocycles. The molecule has 1 atom stereocenters. The Morgan fingerprint density at radius 3 is 2.55 bits per heavy atom. The molecule has 3 nitrogen and oxygen atoms in total. The lowest BCUT2D eigenvalue weighted by Gasteiger charge is -2.32. The highest BCUT2D eigenvalue weighted by atomic mass is 79.9. The van der Waals surface area contributed by atoms with E-state index in [0.717, 1.165) is 10.4 Å². The van der Waals surface area contributed by atoms with Gasteiger partial charge in [-0.2, -0.15) is 5.10 Å². The predicted molar refractivity (Wildman–Crippen MR) is 87.6 cm³/mol. The van der Waals surface area contributed by atoms with Crippen LogP contribution >= 0.6 is 15.9 Å². The molecule has 2 N–H and O–H groups in total. The Labute approximate surface area is 131 Å². The largest absolute Gasteiger partial charge is 0.322 e. The van der Waals surface area contributed by atoms with Crippen LogP contribution in [0.3, 0.4) is 0 Å². The van der Waals surface area contributed by atoms with Crippen LogP contribution in [0.15, 0.2) is 10.7 Å². The Bertz CT molecular complexity index is 419. The molecule has 4 heteroatoms. The van der Waals surface area contributed by atoms with Gasteiger partial charge in [-0.15, -0.1) is 0 Å². The molecule has 0 amide bonds. The molecule has 1 aliphatic rings. The van der Waals surface area contributed by atoms with Crippen LogP contribution < -0.4 is 5.73 Å². The number of aromatic nitrogens is 2. The van der Waals surface area contributed by atoms with Crippen LogP contribution in [0.2, 0.25) is 0 Å². The van der Waals surface area contributed by atoms with Gasteiger partial charge in [-0.1, -0.05) is 32.6 Å². The maximum atomic E-state index is 6.58. The van der Waals surface area contributed by atoms with Gasteiger partial charge >= 0.3 is 0 Å². The van der Waals surface area contributed by atoms with Crippen molar-refractivity contribution in [2.24, 2.45) is 17.6 Å². The summed E-state index contributed by atoms with van der Waals surface area (Å²) in [5.41, 5.74) is 7.76. The molecule has 0 aromatic carbocycles. The van der Waals surface area contributed by atoms with E-state index in [0.29, 0.717) is 12.0 Å². The first-order valence-electron chi connectivity index (χ1n) is 8.03. The van der Waals surface area contributed by atoms with Gasteiger partial charge in [0.1, 0.15) is 0 Å². The molecule has 1 aliphatic carbocycles. The third-order valence-electron chi connectivity index (χ3n) is 4.69. The van der Waals surface area contributed by atoms with Gasteiger partial charge in [0.25, 0.3) is 0 Å². The standard InChI is InChI=1S/C16H28BrN3/c1-4-5-12-6-8-13(9-7-12)15(18)16-14(17)10-19-20(16)11(2)3/h10-13,15H,4-9,18H2,1-3H3. The zero-order valence-corrected chi connectivity index (χ0v) is 14.6. The molecule has 1 fully saturated rings. The molecule has 0 saturated heterocycles. The minimum absolute atomic E-state index is 0.108. The Balaban J connectivity index is 2.05. The molecule has 0 bridgehead atoms. The van der Waals surface area contributed by atoms with Crippen molar-refractivity contribution in [1.82, 2.24) is 9.78 Å². The van der Waals surface area contributed by atoms with Gasteiger partial charge in [-0.25, -0.2) is 0 Å². The van der Waals surface area contributed by atoms with E-state index in [1.165, 1.54) is 44.2 Å². The lowest BCUT2D eigenvalue weighted by Crippen LogP contribution is -2.29. The first-order valence-corrected chi connectivity index (χ1v) is 8.82. The van der Waals surface area contributed by atoms with Gasteiger partial charge in [-0.05, 0) is 54.5 Å². The topological polar surface area (TPSA) is 43.8 Å². The molecule has 1 heterocycles. The molecular formula is C16H28BrN3. The Hall–Kier alpha value is -0.350. The Morgan fingerprint density at radius 2 is 2.00 bits per heavy atom. The van der Waals surface area contributed by atoms with E-state index >= 15 is 0 Å². The summed E-state index contributed by atoms with van der Waals surface area (Å²) >= 11 is 3.63. The van der Waals surface area contributed by atoms with E-state index in [2.05, 4.69) is 46.5 Å². The van der Waals surface area contributed by atoms with E-state index in [1.54, 1.807) is 0 Å². The molecule has 20 heavy (non-hydrogen) atoms. The average Bonchev–Trinajstić information content (AvgIpc) is 2.81. The second-order valence-corrected chi connectivity index (χ2v) is 7.37. The van der Waals surface area contributed by atoms with Crippen LogP contribution in [0.25, 0.3) is 0 Å². The van der Waals surface area contributed by atoms with Gasteiger partial charge in [-0.3, -0.25) is 4.68 Å². The van der Waals surface area contributed by atoms with Crippen molar-refractivity contribution in [2.45, 2.75) is 71.4 Å². The van der Waals surface area contributed by atoms with E-state index in [4.69, 9.17) is 5.73 Å². The summed E-state index contributed by atoms with van der Waals surface area (Å²) in [5.74, 6) is 1.54. The second kappa shape index (κ2) is 7.08. The summed E-state index contributed by atoms with van der Waals surface area (Å²) in [6.45, 7) is 6.61. The first kappa shape index (κ1) is 16.0.